The van der Waals surface area contributed by atoms with Gasteiger partial charge in [-0.15, -0.1) is 0 Å². The molecule has 2 aromatic rings. The molecule has 0 fully saturated rings. The quantitative estimate of drug-likeness (QED) is 0.791. The van der Waals surface area contributed by atoms with Crippen molar-refractivity contribution in [2.45, 2.75) is 37.7 Å². The molecule has 0 aromatic heterocycles. The van der Waals surface area contributed by atoms with E-state index < -0.39 is 43.9 Å². The number of halogens is 3. The summed E-state index contributed by atoms with van der Waals surface area (Å²) in [5.74, 6) is -2.29. The predicted molar refractivity (Wildman–Crippen MR) is 98.1 cm³/mol. The van der Waals surface area contributed by atoms with Gasteiger partial charge in [0, 0.05) is 5.69 Å². The summed E-state index contributed by atoms with van der Waals surface area (Å²) in [4.78, 5) is 12.2. The van der Waals surface area contributed by atoms with Crippen LogP contribution >= 0.6 is 0 Å². The molecule has 1 amide bonds. The summed E-state index contributed by atoms with van der Waals surface area (Å²) in [5, 5.41) is 2.41. The van der Waals surface area contributed by atoms with Crippen molar-refractivity contribution in [3.05, 3.63) is 65.0 Å². The first kappa shape index (κ1) is 21.0. The minimum absolute atomic E-state index is 0.157. The maximum atomic E-state index is 14.0. The van der Waals surface area contributed by atoms with Crippen molar-refractivity contribution in [2.24, 2.45) is 0 Å². The molecule has 0 aliphatic rings. The lowest BCUT2D eigenvalue weighted by molar-refractivity contribution is 0.102. The van der Waals surface area contributed by atoms with Crippen molar-refractivity contribution in [1.82, 2.24) is 0 Å². The van der Waals surface area contributed by atoms with Gasteiger partial charge in [-0.05, 0) is 44.5 Å². The van der Waals surface area contributed by atoms with E-state index in [0.717, 1.165) is 12.1 Å². The Hall–Kier alpha value is -2.35. The standard InChI is InChI=1S/C19H20F3NO3S/c1-19(2,3)27(25,26)11-12-7-9-13(10-8-12)23-18(24)15-6-4-5-14(16(15)20)17(21)22/h4-10,17H,11H2,1-3H3,(H,23,24). The first-order valence-electron chi connectivity index (χ1n) is 8.11. The van der Waals surface area contributed by atoms with Gasteiger partial charge in [-0.2, -0.15) is 0 Å². The number of nitrogens with one attached hydrogen (secondary N) is 1. The number of amides is 1. The summed E-state index contributed by atoms with van der Waals surface area (Å²) in [7, 11) is -3.36. The zero-order chi connectivity index (χ0) is 20.4. The van der Waals surface area contributed by atoms with Gasteiger partial charge in [0.1, 0.15) is 5.82 Å². The van der Waals surface area contributed by atoms with Crippen LogP contribution in [0.3, 0.4) is 0 Å². The Morgan fingerprint density at radius 2 is 1.67 bits per heavy atom. The monoisotopic (exact) mass is 399 g/mol. The molecule has 0 radical (unpaired) electrons. The Morgan fingerprint density at radius 1 is 1.07 bits per heavy atom. The Balaban J connectivity index is 2.16. The van der Waals surface area contributed by atoms with Crippen LogP contribution < -0.4 is 5.32 Å². The van der Waals surface area contributed by atoms with Gasteiger partial charge in [0.05, 0.1) is 21.6 Å². The van der Waals surface area contributed by atoms with Crippen molar-refractivity contribution < 1.29 is 26.4 Å². The number of benzene rings is 2. The minimum Gasteiger partial charge on any atom is -0.322 e. The van der Waals surface area contributed by atoms with Gasteiger partial charge in [0.15, 0.2) is 9.84 Å². The first-order valence-corrected chi connectivity index (χ1v) is 9.77. The van der Waals surface area contributed by atoms with Crippen LogP contribution in [0.5, 0.6) is 0 Å². The van der Waals surface area contributed by atoms with E-state index in [1.165, 1.54) is 30.3 Å². The van der Waals surface area contributed by atoms with E-state index >= 15 is 0 Å². The van der Waals surface area contributed by atoms with E-state index in [1.54, 1.807) is 20.8 Å². The molecule has 0 bridgehead atoms. The number of alkyl halides is 2. The highest BCUT2D eigenvalue weighted by atomic mass is 32.2. The zero-order valence-corrected chi connectivity index (χ0v) is 15.9. The van der Waals surface area contributed by atoms with Crippen LogP contribution in [0.25, 0.3) is 0 Å². The van der Waals surface area contributed by atoms with E-state index in [0.29, 0.717) is 11.3 Å². The summed E-state index contributed by atoms with van der Waals surface area (Å²) < 4.78 is 63.1. The number of hydrogen-bond acceptors (Lipinski definition) is 3. The number of carbonyl (C=O) groups is 1. The normalized spacial score (nSPS) is 12.3. The van der Waals surface area contributed by atoms with Crippen LogP contribution in [0.2, 0.25) is 0 Å². The van der Waals surface area contributed by atoms with Gasteiger partial charge in [-0.25, -0.2) is 21.6 Å². The molecule has 0 unspecified atom stereocenters. The molecule has 0 saturated carbocycles. The van der Waals surface area contributed by atoms with Crippen LogP contribution in [0.15, 0.2) is 42.5 Å². The van der Waals surface area contributed by atoms with Gasteiger partial charge < -0.3 is 5.32 Å². The van der Waals surface area contributed by atoms with Crippen molar-refractivity contribution in [3.63, 3.8) is 0 Å². The summed E-state index contributed by atoms with van der Waals surface area (Å²) in [6, 6.07) is 9.22. The molecule has 8 heteroatoms. The molecule has 2 aromatic carbocycles. The Morgan fingerprint density at radius 3 is 2.19 bits per heavy atom. The lowest BCUT2D eigenvalue weighted by Gasteiger charge is -2.19. The zero-order valence-electron chi connectivity index (χ0n) is 15.1. The summed E-state index contributed by atoms with van der Waals surface area (Å²) >= 11 is 0. The fraction of sp³-hybridized carbons (Fsp3) is 0.316. The van der Waals surface area contributed by atoms with Crippen LogP contribution in [0, 0.1) is 5.82 Å². The van der Waals surface area contributed by atoms with E-state index in [-0.39, 0.29) is 5.75 Å². The summed E-state index contributed by atoms with van der Waals surface area (Å²) in [6.45, 7) is 4.83. The molecule has 2 rings (SSSR count). The Labute approximate surface area is 156 Å². The van der Waals surface area contributed by atoms with Crippen molar-refractivity contribution in [2.75, 3.05) is 5.32 Å². The molecule has 0 aliphatic heterocycles. The van der Waals surface area contributed by atoms with Gasteiger partial charge in [0.2, 0.25) is 0 Å². The lowest BCUT2D eigenvalue weighted by Crippen LogP contribution is -2.29. The predicted octanol–water partition coefficient (Wildman–Crippen LogP) is 4.73. The van der Waals surface area contributed by atoms with E-state index in [2.05, 4.69) is 5.32 Å². The number of rotatable bonds is 5. The second-order valence-electron chi connectivity index (χ2n) is 7.03. The Bertz CT molecular complexity index is 934. The molecular formula is C19H20F3NO3S. The molecule has 0 aliphatic carbocycles. The Kier molecular flexibility index (Phi) is 5.99. The number of sulfone groups is 1. The topological polar surface area (TPSA) is 63.2 Å². The van der Waals surface area contributed by atoms with Gasteiger partial charge in [-0.3, -0.25) is 4.79 Å². The first-order chi connectivity index (χ1) is 12.4. The van der Waals surface area contributed by atoms with Gasteiger partial charge in [-0.1, -0.05) is 24.3 Å². The molecule has 0 saturated heterocycles. The van der Waals surface area contributed by atoms with Crippen molar-refractivity contribution in [3.8, 4) is 0 Å². The summed E-state index contributed by atoms with van der Waals surface area (Å²) in [5.41, 5.74) is -0.509. The van der Waals surface area contributed by atoms with E-state index in [4.69, 9.17) is 0 Å². The van der Waals surface area contributed by atoms with Gasteiger partial charge >= 0.3 is 0 Å². The van der Waals surface area contributed by atoms with Gasteiger partial charge in [0.25, 0.3) is 12.3 Å². The SMILES string of the molecule is CC(C)(C)S(=O)(=O)Cc1ccc(NC(=O)c2cccc(C(F)F)c2F)cc1. The average molecular weight is 399 g/mol. The largest absolute Gasteiger partial charge is 0.322 e. The van der Waals surface area contributed by atoms with Crippen molar-refractivity contribution in [1.29, 1.82) is 0 Å². The molecular weight excluding hydrogens is 379 g/mol. The number of carbonyl (C=O) groups excluding carboxylic acids is 1. The minimum atomic E-state index is -3.36. The highest BCUT2D eigenvalue weighted by molar-refractivity contribution is 7.91. The molecule has 0 heterocycles. The molecule has 27 heavy (non-hydrogen) atoms. The maximum absolute atomic E-state index is 14.0. The second kappa shape index (κ2) is 7.72. The number of anilines is 1. The van der Waals surface area contributed by atoms with Crippen LogP contribution in [0.1, 0.15) is 48.7 Å². The molecule has 4 nitrogen and oxygen atoms in total. The third-order valence-corrected chi connectivity index (χ3v) is 6.59. The fourth-order valence-electron chi connectivity index (χ4n) is 2.21. The van der Waals surface area contributed by atoms with E-state index in [1.807, 2.05) is 0 Å². The summed E-state index contributed by atoms with van der Waals surface area (Å²) in [6.07, 6.45) is -3.03. The van der Waals surface area contributed by atoms with Crippen LogP contribution in [-0.2, 0) is 15.6 Å². The molecule has 0 atom stereocenters. The second-order valence-corrected chi connectivity index (χ2v) is 9.77. The average Bonchev–Trinajstić information content (AvgIpc) is 2.55. The van der Waals surface area contributed by atoms with Crippen LogP contribution in [0.4, 0.5) is 18.9 Å². The van der Waals surface area contributed by atoms with Crippen LogP contribution in [-0.4, -0.2) is 19.1 Å². The number of hydrogen-bond donors (Lipinski definition) is 1. The lowest BCUT2D eigenvalue weighted by atomic mass is 10.1. The third-order valence-electron chi connectivity index (χ3n) is 4.01. The smallest absolute Gasteiger partial charge is 0.266 e. The maximum Gasteiger partial charge on any atom is 0.266 e. The fourth-order valence-corrected chi connectivity index (χ4v) is 3.28. The van der Waals surface area contributed by atoms with Crippen molar-refractivity contribution >= 4 is 21.4 Å². The molecule has 146 valence electrons. The highest BCUT2D eigenvalue weighted by Gasteiger charge is 2.29. The third kappa shape index (κ3) is 4.88. The molecule has 0 spiro atoms. The molecule has 1 N–H and O–H groups in total. The van der Waals surface area contributed by atoms with E-state index in [9.17, 15) is 26.4 Å². The highest BCUT2D eigenvalue weighted by Crippen LogP contribution is 2.25.